The molecule has 1 aliphatic carbocycles. The van der Waals surface area contributed by atoms with Gasteiger partial charge in [0, 0.05) is 29.7 Å². The smallest absolute Gasteiger partial charge is 0.202 e. The van der Waals surface area contributed by atoms with Crippen LogP contribution in [0.2, 0.25) is 0 Å². The Hall–Kier alpha value is -2.82. The number of aromatic nitrogens is 2. The van der Waals surface area contributed by atoms with Crippen molar-refractivity contribution in [3.63, 3.8) is 0 Å². The van der Waals surface area contributed by atoms with E-state index < -0.39 is 29.3 Å². The largest absolute Gasteiger partial charge is 0.390 e. The molecule has 1 aliphatic rings. The lowest BCUT2D eigenvalue weighted by atomic mass is 9.73. The molecule has 1 heterocycles. The van der Waals surface area contributed by atoms with E-state index in [9.17, 15) is 18.8 Å². The van der Waals surface area contributed by atoms with E-state index in [-0.39, 0.29) is 24.4 Å². The fourth-order valence-corrected chi connectivity index (χ4v) is 5.65. The zero-order valence-electron chi connectivity index (χ0n) is 22.0. The highest BCUT2D eigenvalue weighted by Crippen LogP contribution is 2.39. The maximum absolute atomic E-state index is 13.9. The Kier molecular flexibility index (Phi) is 8.85. The van der Waals surface area contributed by atoms with Gasteiger partial charge in [0.05, 0.1) is 18.2 Å². The van der Waals surface area contributed by atoms with Crippen LogP contribution in [0.3, 0.4) is 0 Å². The van der Waals surface area contributed by atoms with Gasteiger partial charge in [-0.3, -0.25) is 0 Å². The second-order valence-corrected chi connectivity index (χ2v) is 12.0. The first-order valence-electron chi connectivity index (χ1n) is 12.9. The molecular formula is C28H35F2N5O2S. The van der Waals surface area contributed by atoms with Crippen molar-refractivity contribution in [2.24, 2.45) is 5.18 Å². The predicted molar refractivity (Wildman–Crippen MR) is 146 cm³/mol. The summed E-state index contributed by atoms with van der Waals surface area (Å²) in [4.78, 5) is 15.4. The normalized spacial score (nSPS) is 21.6. The molecule has 3 aromatic rings. The number of hydrogen-bond acceptors (Lipinski definition) is 8. The predicted octanol–water partition coefficient (Wildman–Crippen LogP) is 5.69. The Morgan fingerprint density at radius 2 is 1.87 bits per heavy atom. The number of rotatable bonds is 10. The van der Waals surface area contributed by atoms with Gasteiger partial charge in [-0.1, -0.05) is 50.2 Å². The summed E-state index contributed by atoms with van der Waals surface area (Å²) in [5.74, 6) is -1.33. The average Bonchev–Trinajstić information content (AvgIpc) is 3.39. The third-order valence-corrected chi connectivity index (χ3v) is 8.00. The Morgan fingerprint density at radius 3 is 2.47 bits per heavy atom. The van der Waals surface area contributed by atoms with Gasteiger partial charge in [0.15, 0.2) is 0 Å². The summed E-state index contributed by atoms with van der Waals surface area (Å²) in [5.41, 5.74) is 2.27. The molecule has 2 unspecified atom stereocenters. The maximum Gasteiger partial charge on any atom is 0.202 e. The van der Waals surface area contributed by atoms with Crippen LogP contribution in [0.1, 0.15) is 63.1 Å². The number of halogens is 2. The van der Waals surface area contributed by atoms with Crippen molar-refractivity contribution in [1.29, 1.82) is 0 Å². The van der Waals surface area contributed by atoms with Crippen LogP contribution >= 0.6 is 11.5 Å². The zero-order valence-corrected chi connectivity index (χ0v) is 22.8. The maximum atomic E-state index is 13.9. The summed E-state index contributed by atoms with van der Waals surface area (Å²) in [6, 6.07) is 11.0. The van der Waals surface area contributed by atoms with Crippen molar-refractivity contribution in [3.05, 3.63) is 82.0 Å². The minimum absolute atomic E-state index is 0.0325. The standard InChI is InChI=1S/C28H35F2N5O2S/c1-27(2,3)19-5-4-6-20(14-19)28(9-7-23(35-37)8-10-28)32-16-25(36)24(34-26-31-17-33-38-26)13-18-11-21(29)15-22(30)12-18/h4-6,11-12,14-15,17,23-25,32,36H,7-10,13,16H2,1-3H3,(H,31,33,34). The van der Waals surface area contributed by atoms with Crippen molar-refractivity contribution in [2.45, 2.75) is 82.0 Å². The van der Waals surface area contributed by atoms with Crippen LogP contribution in [0, 0.1) is 16.5 Å². The summed E-state index contributed by atoms with van der Waals surface area (Å²) in [7, 11) is 0. The molecule has 1 aromatic heterocycles. The van der Waals surface area contributed by atoms with E-state index in [1.807, 2.05) is 0 Å². The number of benzene rings is 2. The zero-order chi connectivity index (χ0) is 27.3. The first kappa shape index (κ1) is 28.2. The molecule has 7 nitrogen and oxygen atoms in total. The van der Waals surface area contributed by atoms with Crippen LogP contribution in [-0.4, -0.2) is 39.2 Å². The van der Waals surface area contributed by atoms with Crippen LogP contribution in [-0.2, 0) is 17.4 Å². The van der Waals surface area contributed by atoms with E-state index in [0.717, 1.165) is 23.2 Å². The molecule has 10 heteroatoms. The molecule has 38 heavy (non-hydrogen) atoms. The average molecular weight is 544 g/mol. The number of hydrogen-bond donors (Lipinski definition) is 3. The van der Waals surface area contributed by atoms with E-state index in [4.69, 9.17) is 0 Å². The second-order valence-electron chi connectivity index (χ2n) is 11.2. The fourth-order valence-electron chi connectivity index (χ4n) is 5.16. The Morgan fingerprint density at radius 1 is 1.16 bits per heavy atom. The van der Waals surface area contributed by atoms with Crippen LogP contribution in [0.15, 0.2) is 54.0 Å². The molecule has 0 radical (unpaired) electrons. The van der Waals surface area contributed by atoms with Crippen LogP contribution in [0.4, 0.5) is 13.9 Å². The molecule has 4 rings (SSSR count). The summed E-state index contributed by atoms with van der Waals surface area (Å²) in [6.45, 7) is 6.72. The molecule has 2 atom stereocenters. The summed E-state index contributed by atoms with van der Waals surface area (Å²) >= 11 is 1.14. The van der Waals surface area contributed by atoms with Crippen molar-refractivity contribution < 1.29 is 13.9 Å². The molecule has 3 N–H and O–H groups in total. The van der Waals surface area contributed by atoms with E-state index in [1.54, 1.807) is 0 Å². The van der Waals surface area contributed by atoms with Gasteiger partial charge < -0.3 is 15.7 Å². The Bertz CT molecular complexity index is 1190. The highest BCUT2D eigenvalue weighted by Gasteiger charge is 2.38. The van der Waals surface area contributed by atoms with E-state index >= 15 is 0 Å². The molecule has 1 fully saturated rings. The third kappa shape index (κ3) is 6.98. The van der Waals surface area contributed by atoms with Gasteiger partial charge >= 0.3 is 0 Å². The number of aliphatic hydroxyl groups is 1. The third-order valence-electron chi connectivity index (χ3n) is 7.40. The molecule has 2 aromatic carbocycles. The Balaban J connectivity index is 1.57. The van der Waals surface area contributed by atoms with Gasteiger partial charge in [-0.05, 0) is 66.3 Å². The summed E-state index contributed by atoms with van der Waals surface area (Å²) in [5, 5.41) is 22.0. The quantitative estimate of drug-likeness (QED) is 0.284. The molecule has 1 saturated carbocycles. The molecule has 0 bridgehead atoms. The lowest BCUT2D eigenvalue weighted by molar-refractivity contribution is 0.120. The highest BCUT2D eigenvalue weighted by molar-refractivity contribution is 7.09. The molecule has 0 amide bonds. The SMILES string of the molecule is CC(C)(C)c1cccc(C2(NCC(O)C(Cc3cc(F)cc(F)c3)Nc3ncns3)CCC(N=O)CC2)c1. The van der Waals surface area contributed by atoms with Gasteiger partial charge in [-0.2, -0.15) is 9.28 Å². The molecule has 204 valence electrons. The first-order chi connectivity index (χ1) is 18.1. The summed E-state index contributed by atoms with van der Waals surface area (Å²) in [6.07, 6.45) is 3.38. The Labute approximate surface area is 226 Å². The molecule has 0 aliphatic heterocycles. The second kappa shape index (κ2) is 11.9. The van der Waals surface area contributed by atoms with Crippen LogP contribution < -0.4 is 10.6 Å². The lowest BCUT2D eigenvalue weighted by Crippen LogP contribution is -2.51. The van der Waals surface area contributed by atoms with Crippen molar-refractivity contribution >= 4 is 16.7 Å². The van der Waals surface area contributed by atoms with Gasteiger partial charge in [-0.15, -0.1) is 0 Å². The number of nitroso groups, excluding NO2 is 1. The van der Waals surface area contributed by atoms with Gasteiger partial charge in [0.25, 0.3) is 0 Å². The number of aliphatic hydroxyl groups excluding tert-OH is 1. The van der Waals surface area contributed by atoms with Crippen molar-refractivity contribution in [1.82, 2.24) is 14.7 Å². The van der Waals surface area contributed by atoms with E-state index in [2.05, 4.69) is 70.2 Å². The minimum atomic E-state index is -0.921. The minimum Gasteiger partial charge on any atom is -0.390 e. The van der Waals surface area contributed by atoms with Crippen LogP contribution in [0.5, 0.6) is 0 Å². The molecule has 0 spiro atoms. The van der Waals surface area contributed by atoms with Crippen molar-refractivity contribution in [2.75, 3.05) is 11.9 Å². The number of nitrogens with one attached hydrogen (secondary N) is 2. The molecular weight excluding hydrogens is 508 g/mol. The fraction of sp³-hybridized carbons (Fsp3) is 0.500. The number of anilines is 1. The van der Waals surface area contributed by atoms with E-state index in [1.165, 1.54) is 24.0 Å². The summed E-state index contributed by atoms with van der Waals surface area (Å²) < 4.78 is 31.8. The highest BCUT2D eigenvalue weighted by atomic mass is 32.1. The molecule has 0 saturated heterocycles. The number of nitrogens with zero attached hydrogens (tertiary/aromatic N) is 3. The van der Waals surface area contributed by atoms with E-state index in [0.29, 0.717) is 36.4 Å². The first-order valence-corrected chi connectivity index (χ1v) is 13.7. The monoisotopic (exact) mass is 543 g/mol. The lowest BCUT2D eigenvalue weighted by Gasteiger charge is -2.42. The topological polar surface area (TPSA) is 99.5 Å². The van der Waals surface area contributed by atoms with Gasteiger partial charge in [0.2, 0.25) is 5.13 Å². The van der Waals surface area contributed by atoms with Gasteiger partial charge in [-0.25, -0.2) is 13.8 Å². The van der Waals surface area contributed by atoms with Crippen molar-refractivity contribution in [3.8, 4) is 0 Å². The van der Waals surface area contributed by atoms with Crippen LogP contribution in [0.25, 0.3) is 0 Å². The van der Waals surface area contributed by atoms with Gasteiger partial charge in [0.1, 0.15) is 18.0 Å².